The molecule has 30 heavy (non-hydrogen) atoms. The van der Waals surface area contributed by atoms with Gasteiger partial charge in [0.25, 0.3) is 10.0 Å². The monoisotopic (exact) mass is 464 g/mol. The first-order valence-corrected chi connectivity index (χ1v) is 11.0. The van der Waals surface area contributed by atoms with Crippen molar-refractivity contribution in [1.29, 1.82) is 0 Å². The normalized spacial score (nSPS) is 11.0. The summed E-state index contributed by atoms with van der Waals surface area (Å²) in [6.45, 7) is 0. The average molecular weight is 465 g/mol. The summed E-state index contributed by atoms with van der Waals surface area (Å²) in [6.07, 6.45) is 0.0609. The number of hydrogen-bond acceptors (Lipinski definition) is 4. The molecule has 9 heteroatoms. The van der Waals surface area contributed by atoms with Crippen LogP contribution in [0, 0.1) is 0 Å². The van der Waals surface area contributed by atoms with Crippen molar-refractivity contribution in [3.63, 3.8) is 0 Å². The molecule has 0 radical (unpaired) electrons. The number of anilines is 2. The molecule has 3 aromatic carbocycles. The Morgan fingerprint density at radius 1 is 1.00 bits per heavy atom. The Hall–Kier alpha value is -2.74. The molecule has 0 spiro atoms. The van der Waals surface area contributed by atoms with E-state index in [9.17, 15) is 13.2 Å². The number of amides is 1. The number of sulfonamides is 1. The SMILES string of the molecule is COc1ccccc1NS(=O)(=O)c1ccc(NC(=O)Cc2ccc(Cl)cc2Cl)cc1. The number of carbonyl (C=O) groups is 1. The zero-order valence-electron chi connectivity index (χ0n) is 15.9. The number of carbonyl (C=O) groups excluding carboxylic acids is 1. The molecule has 0 aromatic heterocycles. The van der Waals surface area contributed by atoms with E-state index in [-0.39, 0.29) is 17.2 Å². The summed E-state index contributed by atoms with van der Waals surface area (Å²) in [5.74, 6) is 0.118. The van der Waals surface area contributed by atoms with Gasteiger partial charge in [0.05, 0.1) is 24.1 Å². The Morgan fingerprint density at radius 2 is 1.70 bits per heavy atom. The van der Waals surface area contributed by atoms with Crippen LogP contribution in [0.2, 0.25) is 10.0 Å². The molecule has 0 aliphatic carbocycles. The maximum atomic E-state index is 12.6. The molecule has 0 saturated carbocycles. The number of hydrogen-bond donors (Lipinski definition) is 2. The highest BCUT2D eigenvalue weighted by molar-refractivity contribution is 7.92. The van der Waals surface area contributed by atoms with Gasteiger partial charge in [-0.3, -0.25) is 9.52 Å². The lowest BCUT2D eigenvalue weighted by atomic mass is 10.1. The lowest BCUT2D eigenvalue weighted by molar-refractivity contribution is -0.115. The molecule has 0 aliphatic heterocycles. The van der Waals surface area contributed by atoms with Crippen LogP contribution in [0.4, 0.5) is 11.4 Å². The topological polar surface area (TPSA) is 84.5 Å². The van der Waals surface area contributed by atoms with Crippen LogP contribution >= 0.6 is 23.2 Å². The van der Waals surface area contributed by atoms with E-state index in [0.717, 1.165) is 0 Å². The number of para-hydroxylation sites is 2. The Labute approximate surface area is 184 Å². The van der Waals surface area contributed by atoms with Crippen molar-refractivity contribution in [2.45, 2.75) is 11.3 Å². The highest BCUT2D eigenvalue weighted by Gasteiger charge is 2.16. The smallest absolute Gasteiger partial charge is 0.262 e. The van der Waals surface area contributed by atoms with Gasteiger partial charge >= 0.3 is 0 Å². The fourth-order valence-electron chi connectivity index (χ4n) is 2.69. The summed E-state index contributed by atoms with van der Waals surface area (Å²) in [5.41, 5.74) is 1.43. The van der Waals surface area contributed by atoms with Crippen molar-refractivity contribution in [1.82, 2.24) is 0 Å². The van der Waals surface area contributed by atoms with Crippen LogP contribution in [0.5, 0.6) is 5.75 Å². The highest BCUT2D eigenvalue weighted by atomic mass is 35.5. The van der Waals surface area contributed by atoms with Gasteiger partial charge in [-0.1, -0.05) is 41.4 Å². The molecule has 0 bridgehead atoms. The molecule has 0 unspecified atom stereocenters. The van der Waals surface area contributed by atoms with Gasteiger partial charge in [-0.25, -0.2) is 8.42 Å². The lowest BCUT2D eigenvalue weighted by Crippen LogP contribution is -2.16. The molecule has 0 heterocycles. The third-order valence-corrected chi connectivity index (χ3v) is 6.13. The van der Waals surface area contributed by atoms with Gasteiger partial charge in [-0.05, 0) is 54.1 Å². The minimum atomic E-state index is -3.82. The first kappa shape index (κ1) is 22.0. The summed E-state index contributed by atoms with van der Waals surface area (Å²) in [6, 6.07) is 17.4. The quantitative estimate of drug-likeness (QED) is 0.515. The van der Waals surface area contributed by atoms with Crippen LogP contribution in [0.15, 0.2) is 71.6 Å². The minimum Gasteiger partial charge on any atom is -0.495 e. The average Bonchev–Trinajstić information content (AvgIpc) is 2.70. The van der Waals surface area contributed by atoms with Crippen LogP contribution < -0.4 is 14.8 Å². The van der Waals surface area contributed by atoms with E-state index in [1.54, 1.807) is 42.5 Å². The predicted octanol–water partition coefficient (Wildman–Crippen LogP) is 4.98. The minimum absolute atomic E-state index is 0.0483. The number of ether oxygens (including phenoxy) is 1. The highest BCUT2D eigenvalue weighted by Crippen LogP contribution is 2.27. The predicted molar refractivity (Wildman–Crippen MR) is 119 cm³/mol. The lowest BCUT2D eigenvalue weighted by Gasteiger charge is -2.12. The number of nitrogens with one attached hydrogen (secondary N) is 2. The fourth-order valence-corrected chi connectivity index (χ4v) is 4.24. The fraction of sp³-hybridized carbons (Fsp3) is 0.0952. The molecule has 6 nitrogen and oxygen atoms in total. The maximum absolute atomic E-state index is 12.6. The van der Waals surface area contributed by atoms with Gasteiger partial charge < -0.3 is 10.1 Å². The van der Waals surface area contributed by atoms with Crippen LogP contribution in [0.25, 0.3) is 0 Å². The molecule has 3 rings (SSSR count). The molecular formula is C21H18Cl2N2O4S. The molecule has 2 N–H and O–H groups in total. The van der Waals surface area contributed by atoms with Crippen LogP contribution in [-0.4, -0.2) is 21.4 Å². The number of methoxy groups -OCH3 is 1. The van der Waals surface area contributed by atoms with Crippen LogP contribution in [0.3, 0.4) is 0 Å². The molecule has 1 amide bonds. The summed E-state index contributed by atoms with van der Waals surface area (Å²) < 4.78 is 32.9. The largest absolute Gasteiger partial charge is 0.495 e. The zero-order chi connectivity index (χ0) is 21.7. The number of rotatable bonds is 7. The summed E-state index contributed by atoms with van der Waals surface area (Å²) in [7, 11) is -2.36. The van der Waals surface area contributed by atoms with Crippen molar-refractivity contribution >= 4 is 50.5 Å². The van der Waals surface area contributed by atoms with E-state index in [1.807, 2.05) is 0 Å². The molecule has 3 aromatic rings. The van der Waals surface area contributed by atoms with E-state index in [2.05, 4.69) is 10.0 Å². The number of halogens is 2. The molecule has 0 fully saturated rings. The summed E-state index contributed by atoms with van der Waals surface area (Å²) in [4.78, 5) is 12.3. The zero-order valence-corrected chi connectivity index (χ0v) is 18.2. The molecule has 156 valence electrons. The number of benzene rings is 3. The van der Waals surface area contributed by atoms with Crippen molar-refractivity contribution in [3.8, 4) is 5.75 Å². The first-order valence-electron chi connectivity index (χ1n) is 8.78. The van der Waals surface area contributed by atoms with Gasteiger partial charge in [0.2, 0.25) is 5.91 Å². The molecule has 0 atom stereocenters. The van der Waals surface area contributed by atoms with Gasteiger partial charge in [-0.2, -0.15) is 0 Å². The van der Waals surface area contributed by atoms with E-state index in [0.29, 0.717) is 32.7 Å². The van der Waals surface area contributed by atoms with Crippen molar-refractivity contribution in [2.75, 3.05) is 17.1 Å². The molecule has 0 saturated heterocycles. The van der Waals surface area contributed by atoms with Crippen LogP contribution in [-0.2, 0) is 21.2 Å². The summed E-state index contributed by atoms with van der Waals surface area (Å²) in [5, 5.41) is 3.61. The molecule has 0 aliphatic rings. The first-order chi connectivity index (χ1) is 14.3. The second-order valence-electron chi connectivity index (χ2n) is 6.29. The Kier molecular flexibility index (Phi) is 6.87. The van der Waals surface area contributed by atoms with E-state index in [4.69, 9.17) is 27.9 Å². The second kappa shape index (κ2) is 9.38. The van der Waals surface area contributed by atoms with E-state index >= 15 is 0 Å². The van der Waals surface area contributed by atoms with Crippen LogP contribution in [0.1, 0.15) is 5.56 Å². The van der Waals surface area contributed by atoms with Gasteiger partial charge in [-0.15, -0.1) is 0 Å². The third kappa shape index (κ3) is 5.44. The van der Waals surface area contributed by atoms with Crippen molar-refractivity contribution in [3.05, 3.63) is 82.3 Å². The summed E-state index contributed by atoms with van der Waals surface area (Å²) >= 11 is 11.9. The molecular weight excluding hydrogens is 447 g/mol. The van der Waals surface area contributed by atoms with E-state index in [1.165, 1.54) is 31.4 Å². The third-order valence-electron chi connectivity index (χ3n) is 4.17. The Bertz CT molecular complexity index is 1170. The standard InChI is InChI=1S/C21H18Cl2N2O4S/c1-29-20-5-3-2-4-19(20)25-30(27,28)17-10-8-16(9-11-17)24-21(26)12-14-6-7-15(22)13-18(14)23/h2-11,13,25H,12H2,1H3,(H,24,26). The maximum Gasteiger partial charge on any atom is 0.262 e. The second-order valence-corrected chi connectivity index (χ2v) is 8.82. The van der Waals surface area contributed by atoms with Gasteiger partial charge in [0, 0.05) is 15.7 Å². The van der Waals surface area contributed by atoms with Crippen molar-refractivity contribution < 1.29 is 17.9 Å². The van der Waals surface area contributed by atoms with Gasteiger partial charge in [0.1, 0.15) is 5.75 Å². The Morgan fingerprint density at radius 3 is 2.37 bits per heavy atom. The van der Waals surface area contributed by atoms with Gasteiger partial charge in [0.15, 0.2) is 0 Å². The Balaban J connectivity index is 1.68. The van der Waals surface area contributed by atoms with E-state index < -0.39 is 10.0 Å². The van der Waals surface area contributed by atoms with Crippen molar-refractivity contribution in [2.24, 2.45) is 0 Å².